The van der Waals surface area contributed by atoms with Crippen LogP contribution in [-0.2, 0) is 9.53 Å². The molecule has 0 aromatic carbocycles. The van der Waals surface area contributed by atoms with Crippen LogP contribution in [0.2, 0.25) is 0 Å². The van der Waals surface area contributed by atoms with E-state index >= 15 is 0 Å². The number of carbonyl (C=O) groups is 1. The molecule has 2 atom stereocenters. The minimum absolute atomic E-state index is 0.000969. The van der Waals surface area contributed by atoms with Crippen molar-refractivity contribution in [2.45, 2.75) is 51.7 Å². The summed E-state index contributed by atoms with van der Waals surface area (Å²) >= 11 is 0. The number of rotatable bonds is 4. The molecule has 1 N–H and O–H groups in total. The topological polar surface area (TPSA) is 69.0 Å². The Morgan fingerprint density at radius 3 is 2.95 bits per heavy atom. The van der Waals surface area contributed by atoms with E-state index in [0.717, 1.165) is 32.3 Å². The Morgan fingerprint density at radius 1 is 1.45 bits per heavy atom. The second-order valence-electron chi connectivity index (χ2n) is 6.11. The van der Waals surface area contributed by atoms with Crippen LogP contribution in [0.4, 0.5) is 5.95 Å². The first-order valence-electron chi connectivity index (χ1n) is 7.49. The lowest BCUT2D eigenvalue weighted by Crippen LogP contribution is -2.41. The van der Waals surface area contributed by atoms with Gasteiger partial charge in [-0.05, 0) is 31.6 Å². The molecule has 2 aliphatic rings. The molecule has 1 amide bonds. The standard InChI is InChI=1S/C14H22N4O2/c1-9(2)12-11(4-3-7-20-12)13(19)16-14-17-15-8-18(14)10-5-6-10/h8-12H,3-7H2,1-2H3,(H,16,17,19)/t11-,12-/m0/s1. The highest BCUT2D eigenvalue weighted by Gasteiger charge is 2.35. The van der Waals surface area contributed by atoms with E-state index < -0.39 is 0 Å². The number of amides is 1. The first-order valence-corrected chi connectivity index (χ1v) is 7.49. The number of hydrogen-bond acceptors (Lipinski definition) is 4. The van der Waals surface area contributed by atoms with Crippen molar-refractivity contribution in [3.8, 4) is 0 Å². The van der Waals surface area contributed by atoms with Crippen molar-refractivity contribution >= 4 is 11.9 Å². The van der Waals surface area contributed by atoms with E-state index in [4.69, 9.17) is 4.74 Å². The molecule has 1 aliphatic heterocycles. The van der Waals surface area contributed by atoms with Gasteiger partial charge in [0.2, 0.25) is 11.9 Å². The van der Waals surface area contributed by atoms with Gasteiger partial charge in [-0.3, -0.25) is 14.7 Å². The molecule has 2 heterocycles. The summed E-state index contributed by atoms with van der Waals surface area (Å²) in [5, 5.41) is 10.9. The van der Waals surface area contributed by atoms with Gasteiger partial charge in [-0.2, -0.15) is 0 Å². The van der Waals surface area contributed by atoms with E-state index in [2.05, 4.69) is 29.4 Å². The number of carbonyl (C=O) groups excluding carboxylic acids is 1. The fourth-order valence-corrected chi connectivity index (χ4v) is 2.90. The maximum atomic E-state index is 12.5. The van der Waals surface area contributed by atoms with E-state index in [1.807, 2.05) is 4.57 Å². The van der Waals surface area contributed by atoms with Crippen LogP contribution in [0.25, 0.3) is 0 Å². The van der Waals surface area contributed by atoms with Crippen LogP contribution in [0.5, 0.6) is 0 Å². The van der Waals surface area contributed by atoms with Gasteiger partial charge in [0.05, 0.1) is 12.0 Å². The Hall–Kier alpha value is -1.43. The molecule has 6 heteroatoms. The zero-order chi connectivity index (χ0) is 14.1. The van der Waals surface area contributed by atoms with E-state index in [1.54, 1.807) is 6.33 Å². The Morgan fingerprint density at radius 2 is 2.25 bits per heavy atom. The van der Waals surface area contributed by atoms with Crippen molar-refractivity contribution in [1.29, 1.82) is 0 Å². The molecule has 3 rings (SSSR count). The van der Waals surface area contributed by atoms with Gasteiger partial charge < -0.3 is 4.74 Å². The summed E-state index contributed by atoms with van der Waals surface area (Å²) in [6.07, 6.45) is 5.80. The maximum Gasteiger partial charge on any atom is 0.232 e. The zero-order valence-corrected chi connectivity index (χ0v) is 12.1. The van der Waals surface area contributed by atoms with Gasteiger partial charge in [-0.1, -0.05) is 13.8 Å². The molecule has 0 bridgehead atoms. The van der Waals surface area contributed by atoms with Gasteiger partial charge in [0, 0.05) is 12.6 Å². The smallest absolute Gasteiger partial charge is 0.232 e. The average molecular weight is 278 g/mol. The highest BCUT2D eigenvalue weighted by atomic mass is 16.5. The summed E-state index contributed by atoms with van der Waals surface area (Å²) in [5.74, 6) is 0.837. The molecule has 1 saturated carbocycles. The van der Waals surface area contributed by atoms with Crippen molar-refractivity contribution in [3.05, 3.63) is 6.33 Å². The number of nitrogens with zero attached hydrogens (tertiary/aromatic N) is 3. The fraction of sp³-hybridized carbons (Fsp3) is 0.786. The lowest BCUT2D eigenvalue weighted by Gasteiger charge is -2.33. The summed E-state index contributed by atoms with van der Waals surface area (Å²) in [7, 11) is 0. The van der Waals surface area contributed by atoms with Gasteiger partial charge in [0.25, 0.3) is 0 Å². The van der Waals surface area contributed by atoms with E-state index in [0.29, 0.717) is 17.9 Å². The summed E-state index contributed by atoms with van der Waals surface area (Å²) in [6.45, 7) is 4.96. The number of anilines is 1. The molecular formula is C14H22N4O2. The first-order chi connectivity index (χ1) is 9.66. The molecule has 20 heavy (non-hydrogen) atoms. The van der Waals surface area contributed by atoms with E-state index in [-0.39, 0.29) is 17.9 Å². The Bertz CT molecular complexity index is 481. The van der Waals surface area contributed by atoms with Crippen LogP contribution in [0.15, 0.2) is 6.33 Å². The van der Waals surface area contributed by atoms with Crippen LogP contribution in [0, 0.1) is 11.8 Å². The molecule has 0 unspecified atom stereocenters. The third-order valence-corrected chi connectivity index (χ3v) is 4.11. The van der Waals surface area contributed by atoms with Gasteiger partial charge in [0.1, 0.15) is 6.33 Å². The second kappa shape index (κ2) is 5.52. The molecule has 1 saturated heterocycles. The van der Waals surface area contributed by atoms with Crippen LogP contribution in [0.3, 0.4) is 0 Å². The lowest BCUT2D eigenvalue weighted by molar-refractivity contribution is -0.131. The number of ether oxygens (including phenoxy) is 1. The molecule has 1 aromatic heterocycles. The van der Waals surface area contributed by atoms with Crippen LogP contribution in [0.1, 0.15) is 45.6 Å². The molecule has 0 radical (unpaired) electrons. The fourth-order valence-electron chi connectivity index (χ4n) is 2.90. The zero-order valence-electron chi connectivity index (χ0n) is 12.1. The number of aromatic nitrogens is 3. The molecule has 2 fully saturated rings. The van der Waals surface area contributed by atoms with Gasteiger partial charge in [-0.25, -0.2) is 0 Å². The lowest BCUT2D eigenvalue weighted by atomic mass is 9.87. The predicted octanol–water partition coefficient (Wildman–Crippen LogP) is 2.00. The van der Waals surface area contributed by atoms with Crippen molar-refractivity contribution < 1.29 is 9.53 Å². The minimum Gasteiger partial charge on any atom is -0.377 e. The first kappa shape index (κ1) is 13.5. The second-order valence-corrected chi connectivity index (χ2v) is 6.11. The maximum absolute atomic E-state index is 12.5. The normalized spacial score (nSPS) is 26.8. The summed E-state index contributed by atoms with van der Waals surface area (Å²) in [4.78, 5) is 12.5. The average Bonchev–Trinajstić information content (AvgIpc) is 3.19. The van der Waals surface area contributed by atoms with Crippen LogP contribution < -0.4 is 5.32 Å². The Balaban J connectivity index is 1.69. The highest BCUT2D eigenvalue weighted by Crippen LogP contribution is 2.36. The number of nitrogens with one attached hydrogen (secondary N) is 1. The molecular weight excluding hydrogens is 256 g/mol. The van der Waals surface area contributed by atoms with Gasteiger partial charge in [0.15, 0.2) is 0 Å². The van der Waals surface area contributed by atoms with Gasteiger partial charge in [-0.15, -0.1) is 10.2 Å². The van der Waals surface area contributed by atoms with E-state index in [1.165, 1.54) is 0 Å². The third kappa shape index (κ3) is 2.70. The SMILES string of the molecule is CC(C)[C@@H]1OCCC[C@@H]1C(=O)Nc1nncn1C1CC1. The Labute approximate surface area is 118 Å². The summed E-state index contributed by atoms with van der Waals surface area (Å²) in [6, 6.07) is 0.462. The largest absolute Gasteiger partial charge is 0.377 e. The minimum atomic E-state index is -0.0897. The summed E-state index contributed by atoms with van der Waals surface area (Å²) in [5.41, 5.74) is 0. The molecule has 1 aromatic rings. The molecule has 1 aliphatic carbocycles. The summed E-state index contributed by atoms with van der Waals surface area (Å²) < 4.78 is 7.74. The van der Waals surface area contributed by atoms with Crippen molar-refractivity contribution in [2.75, 3.05) is 11.9 Å². The van der Waals surface area contributed by atoms with Crippen LogP contribution in [-0.4, -0.2) is 33.4 Å². The predicted molar refractivity (Wildman–Crippen MR) is 74.2 cm³/mol. The quantitative estimate of drug-likeness (QED) is 0.914. The van der Waals surface area contributed by atoms with Crippen molar-refractivity contribution in [2.24, 2.45) is 11.8 Å². The molecule has 0 spiro atoms. The monoisotopic (exact) mass is 278 g/mol. The highest BCUT2D eigenvalue weighted by molar-refractivity contribution is 5.91. The van der Waals surface area contributed by atoms with E-state index in [9.17, 15) is 4.79 Å². The molecule has 110 valence electrons. The van der Waals surface area contributed by atoms with Crippen LogP contribution >= 0.6 is 0 Å². The van der Waals surface area contributed by atoms with Gasteiger partial charge >= 0.3 is 0 Å². The molecule has 6 nitrogen and oxygen atoms in total. The Kier molecular flexibility index (Phi) is 3.74. The number of hydrogen-bond donors (Lipinski definition) is 1. The van der Waals surface area contributed by atoms with Crippen molar-refractivity contribution in [3.63, 3.8) is 0 Å². The third-order valence-electron chi connectivity index (χ3n) is 4.11. The van der Waals surface area contributed by atoms with Crippen molar-refractivity contribution in [1.82, 2.24) is 14.8 Å².